The van der Waals surface area contributed by atoms with Crippen LogP contribution in [0, 0.1) is 5.92 Å². The van der Waals surface area contributed by atoms with Crippen molar-refractivity contribution < 1.29 is 17.9 Å². The Labute approximate surface area is 137 Å². The summed E-state index contributed by atoms with van der Waals surface area (Å²) in [6.07, 6.45) is -2.16. The van der Waals surface area contributed by atoms with Crippen LogP contribution in [0.25, 0.3) is 0 Å². The zero-order chi connectivity index (χ0) is 15.8. The molecule has 0 saturated heterocycles. The SMILES string of the molecule is CCC[C@](C)(I)[C@@H]1COc2cc(C(F)(F)F)ccc2[C@@H]1C. The van der Waals surface area contributed by atoms with Gasteiger partial charge < -0.3 is 4.74 Å². The molecule has 0 saturated carbocycles. The summed E-state index contributed by atoms with van der Waals surface area (Å²) >= 11 is 2.47. The van der Waals surface area contributed by atoms with E-state index in [4.69, 9.17) is 4.74 Å². The Morgan fingerprint density at radius 1 is 1.33 bits per heavy atom. The third-order valence-corrected chi connectivity index (χ3v) is 5.70. The molecular formula is C16H20F3IO. The predicted molar refractivity (Wildman–Crippen MR) is 86.2 cm³/mol. The quantitative estimate of drug-likeness (QED) is 0.450. The maximum Gasteiger partial charge on any atom is 0.416 e. The topological polar surface area (TPSA) is 9.23 Å². The van der Waals surface area contributed by atoms with Gasteiger partial charge in [0.1, 0.15) is 5.75 Å². The zero-order valence-electron chi connectivity index (χ0n) is 12.4. The molecule has 1 aromatic rings. The summed E-state index contributed by atoms with van der Waals surface area (Å²) in [4.78, 5) is 0. The smallest absolute Gasteiger partial charge is 0.416 e. The molecule has 0 aromatic heterocycles. The van der Waals surface area contributed by atoms with Crippen LogP contribution in [0.4, 0.5) is 13.2 Å². The molecule has 0 amide bonds. The van der Waals surface area contributed by atoms with E-state index in [2.05, 4.69) is 43.4 Å². The van der Waals surface area contributed by atoms with E-state index in [1.807, 2.05) is 0 Å². The molecule has 1 aliphatic heterocycles. The predicted octanol–water partition coefficient (Wildman–Crippen LogP) is 5.81. The highest BCUT2D eigenvalue weighted by Crippen LogP contribution is 2.47. The lowest BCUT2D eigenvalue weighted by Crippen LogP contribution is -2.38. The molecule has 1 nitrogen and oxygen atoms in total. The lowest BCUT2D eigenvalue weighted by atomic mass is 9.76. The first-order chi connectivity index (χ1) is 9.66. The first-order valence-electron chi connectivity index (χ1n) is 7.19. The molecule has 0 aliphatic carbocycles. The van der Waals surface area contributed by atoms with E-state index >= 15 is 0 Å². The van der Waals surface area contributed by atoms with Crippen molar-refractivity contribution in [2.75, 3.05) is 6.61 Å². The standard InChI is InChI=1S/C16H20F3IO/c1-4-7-15(3,20)13-9-21-14-8-11(16(17,18)19)5-6-12(14)10(13)2/h5-6,8,10,13H,4,7,9H2,1-3H3/t10-,13+,15-/m0/s1. The van der Waals surface area contributed by atoms with Crippen LogP contribution < -0.4 is 4.74 Å². The van der Waals surface area contributed by atoms with Gasteiger partial charge in [-0.25, -0.2) is 0 Å². The van der Waals surface area contributed by atoms with Crippen molar-refractivity contribution >= 4 is 22.6 Å². The van der Waals surface area contributed by atoms with Gasteiger partial charge in [0.15, 0.2) is 0 Å². The number of rotatable bonds is 3. The summed E-state index contributed by atoms with van der Waals surface area (Å²) in [5.74, 6) is 0.893. The van der Waals surface area contributed by atoms with E-state index in [0.29, 0.717) is 18.3 Å². The van der Waals surface area contributed by atoms with Crippen LogP contribution in [0.5, 0.6) is 5.75 Å². The normalized spacial score (nSPS) is 24.9. The summed E-state index contributed by atoms with van der Waals surface area (Å²) in [6.45, 7) is 6.92. The molecule has 0 unspecified atom stereocenters. The molecule has 1 aromatic carbocycles. The van der Waals surface area contributed by atoms with Crippen molar-refractivity contribution in [3.05, 3.63) is 29.3 Å². The Kier molecular flexibility index (Phi) is 4.81. The number of hydrogen-bond donors (Lipinski definition) is 0. The second-order valence-electron chi connectivity index (χ2n) is 5.98. The van der Waals surface area contributed by atoms with Gasteiger partial charge in [-0.15, -0.1) is 0 Å². The highest BCUT2D eigenvalue weighted by atomic mass is 127. The Morgan fingerprint density at radius 3 is 2.57 bits per heavy atom. The lowest BCUT2D eigenvalue weighted by Gasteiger charge is -2.40. The van der Waals surface area contributed by atoms with Gasteiger partial charge in [0.2, 0.25) is 0 Å². The maximum atomic E-state index is 12.8. The van der Waals surface area contributed by atoms with Crippen molar-refractivity contribution in [2.24, 2.45) is 5.92 Å². The van der Waals surface area contributed by atoms with Crippen molar-refractivity contribution in [3.8, 4) is 5.75 Å². The van der Waals surface area contributed by atoms with Crippen LogP contribution in [-0.2, 0) is 6.18 Å². The van der Waals surface area contributed by atoms with E-state index in [-0.39, 0.29) is 9.34 Å². The van der Waals surface area contributed by atoms with Crippen LogP contribution in [0.2, 0.25) is 0 Å². The highest BCUT2D eigenvalue weighted by molar-refractivity contribution is 14.1. The Hall–Kier alpha value is -0.460. The van der Waals surface area contributed by atoms with Crippen molar-refractivity contribution in [1.29, 1.82) is 0 Å². The van der Waals surface area contributed by atoms with Gasteiger partial charge in [0, 0.05) is 9.34 Å². The van der Waals surface area contributed by atoms with Gasteiger partial charge in [0.05, 0.1) is 12.2 Å². The molecule has 0 radical (unpaired) electrons. The van der Waals surface area contributed by atoms with Gasteiger partial charge >= 0.3 is 6.18 Å². The Morgan fingerprint density at radius 2 is 2.00 bits per heavy atom. The second-order valence-corrected chi connectivity index (χ2v) is 8.45. The number of fused-ring (bicyclic) bond motifs is 1. The van der Waals surface area contributed by atoms with Crippen molar-refractivity contribution in [3.63, 3.8) is 0 Å². The minimum absolute atomic E-state index is 0.0896. The fourth-order valence-electron chi connectivity index (χ4n) is 3.12. The van der Waals surface area contributed by atoms with Gasteiger partial charge in [-0.05, 0) is 30.0 Å². The molecule has 0 bridgehead atoms. The molecule has 21 heavy (non-hydrogen) atoms. The number of ether oxygens (including phenoxy) is 1. The fourth-order valence-corrected chi connectivity index (χ4v) is 4.38. The first kappa shape index (κ1) is 16.9. The molecule has 5 heteroatoms. The summed E-state index contributed by atoms with van der Waals surface area (Å²) in [5, 5.41) is 0. The van der Waals surface area contributed by atoms with Gasteiger partial charge in [-0.1, -0.05) is 55.8 Å². The van der Waals surface area contributed by atoms with Crippen LogP contribution in [0.3, 0.4) is 0 Å². The summed E-state index contributed by atoms with van der Waals surface area (Å²) in [7, 11) is 0. The van der Waals surface area contributed by atoms with Gasteiger partial charge in [0.25, 0.3) is 0 Å². The Bertz CT molecular complexity index is 511. The minimum Gasteiger partial charge on any atom is -0.493 e. The average Bonchev–Trinajstić information content (AvgIpc) is 2.37. The maximum absolute atomic E-state index is 12.8. The molecule has 1 heterocycles. The molecule has 118 valence electrons. The molecule has 0 N–H and O–H groups in total. The summed E-state index contributed by atoms with van der Waals surface area (Å²) in [5.41, 5.74) is 0.246. The average molecular weight is 412 g/mol. The molecule has 2 rings (SSSR count). The van der Waals surface area contributed by atoms with E-state index in [1.165, 1.54) is 0 Å². The molecule has 3 atom stereocenters. The molecule has 0 spiro atoms. The van der Waals surface area contributed by atoms with Gasteiger partial charge in [-0.2, -0.15) is 13.2 Å². The zero-order valence-corrected chi connectivity index (χ0v) is 14.6. The van der Waals surface area contributed by atoms with E-state index in [1.54, 1.807) is 6.07 Å². The van der Waals surface area contributed by atoms with Gasteiger partial charge in [-0.3, -0.25) is 0 Å². The molecule has 0 fully saturated rings. The Balaban J connectivity index is 2.31. The monoisotopic (exact) mass is 412 g/mol. The van der Waals surface area contributed by atoms with Crippen LogP contribution in [0.1, 0.15) is 50.7 Å². The fraction of sp³-hybridized carbons (Fsp3) is 0.625. The lowest BCUT2D eigenvalue weighted by molar-refractivity contribution is -0.137. The highest BCUT2D eigenvalue weighted by Gasteiger charge is 2.40. The first-order valence-corrected chi connectivity index (χ1v) is 8.27. The second kappa shape index (κ2) is 5.97. The van der Waals surface area contributed by atoms with Crippen molar-refractivity contribution in [2.45, 2.75) is 49.1 Å². The van der Waals surface area contributed by atoms with E-state index in [0.717, 1.165) is 30.5 Å². The minimum atomic E-state index is -4.32. The van der Waals surface area contributed by atoms with E-state index in [9.17, 15) is 13.2 Å². The molecular weight excluding hydrogens is 392 g/mol. The molecule has 1 aliphatic rings. The third-order valence-electron chi connectivity index (χ3n) is 4.37. The van der Waals surface area contributed by atoms with Crippen LogP contribution in [-0.4, -0.2) is 10.0 Å². The number of benzene rings is 1. The van der Waals surface area contributed by atoms with Crippen LogP contribution in [0.15, 0.2) is 18.2 Å². The number of hydrogen-bond acceptors (Lipinski definition) is 1. The summed E-state index contributed by atoms with van der Waals surface area (Å²) < 4.78 is 44.1. The largest absolute Gasteiger partial charge is 0.493 e. The number of alkyl halides is 4. The van der Waals surface area contributed by atoms with E-state index < -0.39 is 11.7 Å². The summed E-state index contributed by atoms with van der Waals surface area (Å²) in [6, 6.07) is 3.87. The van der Waals surface area contributed by atoms with Crippen molar-refractivity contribution in [1.82, 2.24) is 0 Å². The van der Waals surface area contributed by atoms with Crippen LogP contribution >= 0.6 is 22.6 Å². The third kappa shape index (κ3) is 3.48. The number of halogens is 4.